The number of benzene rings is 1. The third kappa shape index (κ3) is 3.36. The van der Waals surface area contributed by atoms with Gasteiger partial charge in [-0.2, -0.15) is 10.4 Å². The van der Waals surface area contributed by atoms with Crippen molar-refractivity contribution in [3.8, 4) is 6.07 Å². The van der Waals surface area contributed by atoms with Crippen LogP contribution in [0.5, 0.6) is 0 Å². The van der Waals surface area contributed by atoms with Gasteiger partial charge in [0, 0.05) is 26.2 Å². The van der Waals surface area contributed by atoms with Gasteiger partial charge in [-0.3, -0.25) is 4.90 Å². The van der Waals surface area contributed by atoms with Crippen LogP contribution in [-0.4, -0.2) is 35.7 Å². The highest BCUT2D eigenvalue weighted by molar-refractivity contribution is 5.35. The minimum Gasteiger partial charge on any atom is -0.361 e. The highest BCUT2D eigenvalue weighted by atomic mass is 19.1. The van der Waals surface area contributed by atoms with E-state index in [0.29, 0.717) is 17.7 Å². The van der Waals surface area contributed by atoms with Gasteiger partial charge in [-0.1, -0.05) is 6.07 Å². The molecule has 5 nitrogen and oxygen atoms in total. The molecular weight excluding hydrogens is 305 g/mol. The molecule has 24 heavy (non-hydrogen) atoms. The molecule has 0 saturated carbocycles. The predicted octanol–water partition coefficient (Wildman–Crippen LogP) is 2.89. The maximum absolute atomic E-state index is 14.2. The Kier molecular flexibility index (Phi) is 4.72. The fourth-order valence-electron chi connectivity index (χ4n) is 3.07. The minimum atomic E-state index is -0.325. The lowest BCUT2D eigenvalue weighted by molar-refractivity contribution is 0.240. The fraction of sp³-hybridized carbons (Fsp3) is 0.389. The number of halogens is 1. The summed E-state index contributed by atoms with van der Waals surface area (Å²) in [5.41, 5.74) is 1.88. The first-order chi connectivity index (χ1) is 11.6. The molecule has 6 heteroatoms. The van der Waals surface area contributed by atoms with Gasteiger partial charge >= 0.3 is 0 Å². The van der Waals surface area contributed by atoms with Crippen molar-refractivity contribution < 1.29 is 4.39 Å². The third-order valence-electron chi connectivity index (χ3n) is 4.39. The zero-order valence-electron chi connectivity index (χ0n) is 13.9. The topological polar surface area (TPSA) is 56.0 Å². The van der Waals surface area contributed by atoms with Crippen molar-refractivity contribution >= 4 is 5.82 Å². The van der Waals surface area contributed by atoms with Crippen LogP contribution in [0.25, 0.3) is 0 Å². The van der Waals surface area contributed by atoms with Crippen LogP contribution >= 0.6 is 0 Å². The van der Waals surface area contributed by atoms with Crippen molar-refractivity contribution in [3.05, 3.63) is 53.0 Å². The molecule has 1 aliphatic heterocycles. The van der Waals surface area contributed by atoms with Crippen LogP contribution < -0.4 is 4.90 Å². The number of hydrogen-bond acceptors (Lipinski definition) is 5. The Hall–Kier alpha value is -2.52. The summed E-state index contributed by atoms with van der Waals surface area (Å²) in [6.45, 7) is 1.42. The number of nitrogens with zero attached hydrogens (tertiary/aromatic N) is 5. The number of likely N-dealkylation sites (tertiary alicyclic amines) is 1. The van der Waals surface area contributed by atoms with E-state index < -0.39 is 0 Å². The van der Waals surface area contributed by atoms with Crippen molar-refractivity contribution in [1.29, 1.82) is 5.26 Å². The Labute approximate surface area is 141 Å². The van der Waals surface area contributed by atoms with E-state index in [1.54, 1.807) is 12.1 Å². The Balaban J connectivity index is 1.77. The van der Waals surface area contributed by atoms with Gasteiger partial charge in [0.25, 0.3) is 0 Å². The van der Waals surface area contributed by atoms with E-state index >= 15 is 0 Å². The summed E-state index contributed by atoms with van der Waals surface area (Å²) in [6, 6.07) is 10.7. The van der Waals surface area contributed by atoms with Gasteiger partial charge in [0.15, 0.2) is 5.82 Å². The molecule has 0 amide bonds. The second kappa shape index (κ2) is 6.93. The number of aromatic nitrogens is 2. The number of rotatable bonds is 4. The van der Waals surface area contributed by atoms with E-state index in [0.717, 1.165) is 30.9 Å². The lowest BCUT2D eigenvalue weighted by Gasteiger charge is -2.24. The molecule has 1 atom stereocenters. The van der Waals surface area contributed by atoms with Crippen molar-refractivity contribution in [2.45, 2.75) is 25.4 Å². The lowest BCUT2D eigenvalue weighted by Crippen LogP contribution is -2.24. The number of nitriles is 1. The van der Waals surface area contributed by atoms with Crippen LogP contribution in [0.1, 0.15) is 35.7 Å². The van der Waals surface area contributed by atoms with Crippen molar-refractivity contribution in [2.24, 2.45) is 0 Å². The lowest BCUT2D eigenvalue weighted by atomic mass is 10.1. The molecule has 1 fully saturated rings. The molecule has 3 rings (SSSR count). The molecule has 124 valence electrons. The molecule has 0 N–H and O–H groups in total. The van der Waals surface area contributed by atoms with Gasteiger partial charge in [-0.05, 0) is 43.7 Å². The number of anilines is 1. The largest absolute Gasteiger partial charge is 0.361 e. The second-order valence-electron chi connectivity index (χ2n) is 6.26. The fourth-order valence-corrected chi connectivity index (χ4v) is 3.07. The first-order valence-corrected chi connectivity index (χ1v) is 8.02. The molecule has 0 radical (unpaired) electrons. The van der Waals surface area contributed by atoms with E-state index in [-0.39, 0.29) is 11.9 Å². The highest BCUT2D eigenvalue weighted by Crippen LogP contribution is 2.32. The van der Waals surface area contributed by atoms with Gasteiger partial charge in [-0.25, -0.2) is 4.39 Å². The van der Waals surface area contributed by atoms with Crippen LogP contribution in [0.15, 0.2) is 30.3 Å². The normalized spacial score (nSPS) is 17.7. The van der Waals surface area contributed by atoms with Crippen molar-refractivity contribution in [3.63, 3.8) is 0 Å². The Bertz CT molecular complexity index is 751. The summed E-state index contributed by atoms with van der Waals surface area (Å²) < 4.78 is 14.2. The molecule has 0 bridgehead atoms. The third-order valence-corrected chi connectivity index (χ3v) is 4.39. The summed E-state index contributed by atoms with van der Waals surface area (Å²) in [5, 5.41) is 17.4. The predicted molar refractivity (Wildman–Crippen MR) is 89.9 cm³/mol. The van der Waals surface area contributed by atoms with Crippen molar-refractivity contribution in [1.82, 2.24) is 15.1 Å². The molecule has 2 aromatic rings. The summed E-state index contributed by atoms with van der Waals surface area (Å²) >= 11 is 0. The molecule has 1 aliphatic rings. The molecule has 1 unspecified atom stereocenters. The summed E-state index contributed by atoms with van der Waals surface area (Å²) in [4.78, 5) is 4.14. The molecule has 0 aliphatic carbocycles. The SMILES string of the molecule is CN(C)c1ccc(C2CCCN2Cc2ccc(C#N)cc2F)nn1. The van der Waals surface area contributed by atoms with Gasteiger partial charge < -0.3 is 4.90 Å². The molecular formula is C18H20FN5. The Morgan fingerprint density at radius 3 is 2.75 bits per heavy atom. The molecule has 1 aromatic carbocycles. The highest BCUT2D eigenvalue weighted by Gasteiger charge is 2.28. The van der Waals surface area contributed by atoms with E-state index in [9.17, 15) is 4.39 Å². The second-order valence-corrected chi connectivity index (χ2v) is 6.26. The minimum absolute atomic E-state index is 0.156. The first-order valence-electron chi connectivity index (χ1n) is 8.02. The van der Waals surface area contributed by atoms with E-state index in [1.807, 2.05) is 37.2 Å². The van der Waals surface area contributed by atoms with Gasteiger partial charge in [0.05, 0.1) is 23.4 Å². The van der Waals surface area contributed by atoms with Gasteiger partial charge in [-0.15, -0.1) is 5.10 Å². The average Bonchev–Trinajstić information content (AvgIpc) is 3.05. The maximum Gasteiger partial charge on any atom is 0.150 e. The smallest absolute Gasteiger partial charge is 0.150 e. The molecule has 0 spiro atoms. The molecule has 1 saturated heterocycles. The average molecular weight is 325 g/mol. The van der Waals surface area contributed by atoms with Crippen molar-refractivity contribution in [2.75, 3.05) is 25.5 Å². The van der Waals surface area contributed by atoms with Crippen LogP contribution in [-0.2, 0) is 6.54 Å². The van der Waals surface area contributed by atoms with Crippen LogP contribution in [0.4, 0.5) is 10.2 Å². The van der Waals surface area contributed by atoms with Gasteiger partial charge in [0.1, 0.15) is 5.82 Å². The molecule has 1 aromatic heterocycles. The summed E-state index contributed by atoms with van der Waals surface area (Å²) in [6.07, 6.45) is 2.05. The van der Waals surface area contributed by atoms with E-state index in [4.69, 9.17) is 5.26 Å². The zero-order valence-corrected chi connectivity index (χ0v) is 13.9. The van der Waals surface area contributed by atoms with E-state index in [1.165, 1.54) is 6.07 Å². The maximum atomic E-state index is 14.2. The Morgan fingerprint density at radius 1 is 1.29 bits per heavy atom. The molecule has 2 heterocycles. The van der Waals surface area contributed by atoms with Crippen LogP contribution in [0, 0.1) is 17.1 Å². The zero-order chi connectivity index (χ0) is 17.1. The van der Waals surface area contributed by atoms with Gasteiger partial charge in [0.2, 0.25) is 0 Å². The summed E-state index contributed by atoms with van der Waals surface area (Å²) in [5.74, 6) is 0.496. The van der Waals surface area contributed by atoms with Crippen LogP contribution in [0.3, 0.4) is 0 Å². The van der Waals surface area contributed by atoms with E-state index in [2.05, 4.69) is 15.1 Å². The quantitative estimate of drug-likeness (QED) is 0.865. The first kappa shape index (κ1) is 16.3. The monoisotopic (exact) mass is 325 g/mol. The Morgan fingerprint density at radius 2 is 2.12 bits per heavy atom. The number of hydrogen-bond donors (Lipinski definition) is 0. The standard InChI is InChI=1S/C18H20FN5/c1-23(2)18-8-7-16(21-22-18)17-4-3-9-24(17)12-14-6-5-13(11-20)10-15(14)19/h5-8,10,17H,3-4,9,12H2,1-2H3. The summed E-state index contributed by atoms with van der Waals surface area (Å²) in [7, 11) is 3.86. The van der Waals surface area contributed by atoms with Crippen LogP contribution in [0.2, 0.25) is 0 Å².